The van der Waals surface area contributed by atoms with Gasteiger partial charge in [0.2, 0.25) is 5.91 Å². The summed E-state index contributed by atoms with van der Waals surface area (Å²) in [4.78, 5) is 32.9. The van der Waals surface area contributed by atoms with Crippen LogP contribution in [0.15, 0.2) is 82.0 Å². The molecule has 200 valence electrons. The van der Waals surface area contributed by atoms with E-state index in [9.17, 15) is 9.59 Å². The van der Waals surface area contributed by atoms with Gasteiger partial charge in [0.25, 0.3) is 0 Å². The third kappa shape index (κ3) is 6.48. The van der Waals surface area contributed by atoms with Crippen LogP contribution in [-0.2, 0) is 20.9 Å². The molecule has 0 radical (unpaired) electrons. The molecule has 0 aliphatic carbocycles. The summed E-state index contributed by atoms with van der Waals surface area (Å²) in [5, 5.41) is 5.72. The molecule has 2 heterocycles. The predicted octanol–water partition coefficient (Wildman–Crippen LogP) is 6.10. The van der Waals surface area contributed by atoms with Crippen molar-refractivity contribution in [3.05, 3.63) is 88.1 Å². The second-order valence-electron chi connectivity index (χ2n) is 9.75. The molecule has 0 fully saturated rings. The first-order valence-corrected chi connectivity index (χ1v) is 13.9. The number of ether oxygens (including phenoxy) is 2. The number of hydrogen-bond acceptors (Lipinski definition) is 7. The highest BCUT2D eigenvalue weighted by Crippen LogP contribution is 2.45. The Bertz CT molecular complexity index is 1270. The molecule has 0 spiro atoms. The SMILES string of the molecule is CC[C@H](C)NC(=O)CC1=CSC2=NC(C)=C(C(=O)OC(C)C)[C@H](c3cccc(OCc4ccccc4)c3)N12. The summed E-state index contributed by atoms with van der Waals surface area (Å²) < 4.78 is 11.8. The van der Waals surface area contributed by atoms with Crippen molar-refractivity contribution in [2.45, 2.75) is 72.3 Å². The summed E-state index contributed by atoms with van der Waals surface area (Å²) in [6, 6.07) is 17.3. The van der Waals surface area contributed by atoms with Crippen LogP contribution in [0.5, 0.6) is 5.75 Å². The Morgan fingerprint density at radius 1 is 1.11 bits per heavy atom. The molecule has 4 rings (SSSR count). The minimum absolute atomic E-state index is 0.0660. The third-order valence-electron chi connectivity index (χ3n) is 6.35. The summed E-state index contributed by atoms with van der Waals surface area (Å²) in [6.07, 6.45) is 0.753. The molecule has 1 N–H and O–H groups in total. The molecular formula is C30H35N3O4S. The van der Waals surface area contributed by atoms with E-state index in [1.807, 2.05) is 99.5 Å². The van der Waals surface area contributed by atoms with Crippen molar-refractivity contribution in [1.29, 1.82) is 0 Å². The smallest absolute Gasteiger partial charge is 0.338 e. The van der Waals surface area contributed by atoms with Crippen LogP contribution < -0.4 is 10.1 Å². The first kappa shape index (κ1) is 27.5. The maximum Gasteiger partial charge on any atom is 0.338 e. The largest absolute Gasteiger partial charge is 0.489 e. The number of hydrogen-bond donors (Lipinski definition) is 1. The highest BCUT2D eigenvalue weighted by atomic mass is 32.2. The lowest BCUT2D eigenvalue weighted by Crippen LogP contribution is -2.39. The average Bonchev–Trinajstić information content (AvgIpc) is 3.28. The van der Waals surface area contributed by atoms with Gasteiger partial charge in [-0.1, -0.05) is 61.2 Å². The van der Waals surface area contributed by atoms with Gasteiger partial charge in [-0.05, 0) is 62.8 Å². The number of rotatable bonds is 10. The Morgan fingerprint density at radius 2 is 1.87 bits per heavy atom. The van der Waals surface area contributed by atoms with Crippen molar-refractivity contribution in [2.75, 3.05) is 0 Å². The lowest BCUT2D eigenvalue weighted by Gasteiger charge is -2.36. The molecule has 7 nitrogen and oxygen atoms in total. The summed E-state index contributed by atoms with van der Waals surface area (Å²) in [7, 11) is 0. The molecule has 2 aromatic carbocycles. The van der Waals surface area contributed by atoms with Crippen molar-refractivity contribution in [1.82, 2.24) is 10.2 Å². The number of amidine groups is 1. The normalized spacial score (nSPS) is 17.5. The highest BCUT2D eigenvalue weighted by Gasteiger charge is 2.41. The van der Waals surface area contributed by atoms with E-state index >= 15 is 0 Å². The van der Waals surface area contributed by atoms with Crippen molar-refractivity contribution >= 4 is 28.8 Å². The van der Waals surface area contributed by atoms with E-state index in [0.29, 0.717) is 23.6 Å². The van der Waals surface area contributed by atoms with E-state index in [1.165, 1.54) is 11.8 Å². The number of nitrogens with zero attached hydrogens (tertiary/aromatic N) is 2. The van der Waals surface area contributed by atoms with E-state index in [0.717, 1.165) is 28.4 Å². The van der Waals surface area contributed by atoms with Crippen LogP contribution in [0.4, 0.5) is 0 Å². The molecule has 2 aliphatic heterocycles. The molecule has 0 saturated heterocycles. The minimum atomic E-state index is -0.508. The number of nitrogens with one attached hydrogen (secondary N) is 1. The molecule has 0 bridgehead atoms. The Balaban J connectivity index is 1.68. The van der Waals surface area contributed by atoms with Gasteiger partial charge >= 0.3 is 5.97 Å². The summed E-state index contributed by atoms with van der Waals surface area (Å²) in [5.74, 6) is 0.210. The number of benzene rings is 2. The molecule has 2 atom stereocenters. The fourth-order valence-electron chi connectivity index (χ4n) is 4.33. The second-order valence-corrected chi connectivity index (χ2v) is 10.6. The first-order chi connectivity index (χ1) is 18.3. The van der Waals surface area contributed by atoms with Crippen LogP contribution in [0.1, 0.15) is 64.6 Å². The molecular weight excluding hydrogens is 498 g/mol. The third-order valence-corrected chi connectivity index (χ3v) is 7.24. The number of carbonyl (C=O) groups is 2. The highest BCUT2D eigenvalue weighted by molar-refractivity contribution is 8.16. The van der Waals surface area contributed by atoms with Gasteiger partial charge in [0.1, 0.15) is 12.4 Å². The molecule has 0 unspecified atom stereocenters. The van der Waals surface area contributed by atoms with E-state index in [2.05, 4.69) is 5.32 Å². The topological polar surface area (TPSA) is 80.2 Å². The zero-order valence-electron chi connectivity index (χ0n) is 22.6. The number of esters is 1. The van der Waals surface area contributed by atoms with Crippen molar-refractivity contribution in [2.24, 2.45) is 4.99 Å². The summed E-state index contributed by atoms with van der Waals surface area (Å²) in [6.45, 7) is 9.94. The van der Waals surface area contributed by atoms with E-state index < -0.39 is 12.0 Å². The second kappa shape index (κ2) is 12.3. The fraction of sp³-hybridized carbons (Fsp3) is 0.367. The van der Waals surface area contributed by atoms with Crippen LogP contribution >= 0.6 is 11.8 Å². The van der Waals surface area contributed by atoms with Gasteiger partial charge in [0.05, 0.1) is 29.8 Å². The standard InChI is InChI=1S/C30H35N3O4S/c1-6-20(4)31-26(34)16-24-18-38-30-32-21(5)27(29(35)37-19(2)3)28(33(24)30)23-13-10-14-25(15-23)36-17-22-11-8-7-9-12-22/h7-15,18-20,28H,6,16-17H2,1-5H3,(H,31,34)/t20-,28-/m0/s1. The molecule has 0 saturated carbocycles. The number of fused-ring (bicyclic) bond motifs is 1. The summed E-state index contributed by atoms with van der Waals surface area (Å²) in [5.41, 5.74) is 3.77. The summed E-state index contributed by atoms with van der Waals surface area (Å²) >= 11 is 1.46. The molecule has 38 heavy (non-hydrogen) atoms. The molecule has 8 heteroatoms. The van der Waals surface area contributed by atoms with Gasteiger partial charge in [-0.2, -0.15) is 0 Å². The van der Waals surface area contributed by atoms with Gasteiger partial charge in [0.15, 0.2) is 5.17 Å². The number of aliphatic imine (C=N–C) groups is 1. The lowest BCUT2D eigenvalue weighted by atomic mass is 9.93. The maximum atomic E-state index is 13.4. The monoisotopic (exact) mass is 533 g/mol. The van der Waals surface area contributed by atoms with Crippen molar-refractivity contribution in [3.63, 3.8) is 0 Å². The minimum Gasteiger partial charge on any atom is -0.489 e. The van der Waals surface area contributed by atoms with Gasteiger partial charge < -0.3 is 19.7 Å². The molecule has 1 amide bonds. The number of allylic oxidation sites excluding steroid dienone is 1. The average molecular weight is 534 g/mol. The van der Waals surface area contributed by atoms with Gasteiger partial charge in [-0.25, -0.2) is 9.79 Å². The number of carbonyl (C=O) groups excluding carboxylic acids is 2. The Kier molecular flexibility index (Phi) is 8.94. The zero-order valence-corrected chi connectivity index (χ0v) is 23.4. The van der Waals surface area contributed by atoms with Gasteiger partial charge in [-0.3, -0.25) is 4.79 Å². The van der Waals surface area contributed by atoms with Crippen LogP contribution in [0.25, 0.3) is 0 Å². The predicted molar refractivity (Wildman–Crippen MR) is 151 cm³/mol. The van der Waals surface area contributed by atoms with Crippen LogP contribution in [0.3, 0.4) is 0 Å². The van der Waals surface area contributed by atoms with E-state index in [1.54, 1.807) is 0 Å². The number of thioether (sulfide) groups is 1. The van der Waals surface area contributed by atoms with E-state index in [4.69, 9.17) is 14.5 Å². The molecule has 2 aliphatic rings. The Labute approximate surface area is 229 Å². The van der Waals surface area contributed by atoms with Crippen molar-refractivity contribution in [3.8, 4) is 5.75 Å². The van der Waals surface area contributed by atoms with Crippen molar-refractivity contribution < 1.29 is 19.1 Å². The number of amides is 1. The quantitative estimate of drug-likeness (QED) is 0.372. The first-order valence-electron chi connectivity index (χ1n) is 13.0. The molecule has 0 aromatic heterocycles. The zero-order chi connectivity index (χ0) is 27.2. The van der Waals surface area contributed by atoms with Crippen LogP contribution in [0.2, 0.25) is 0 Å². The molecule has 2 aromatic rings. The Morgan fingerprint density at radius 3 is 2.58 bits per heavy atom. The van der Waals surface area contributed by atoms with Gasteiger partial charge in [-0.15, -0.1) is 0 Å². The van der Waals surface area contributed by atoms with E-state index in [-0.39, 0.29) is 24.5 Å². The van der Waals surface area contributed by atoms with Crippen LogP contribution in [0, 0.1) is 0 Å². The lowest BCUT2D eigenvalue weighted by molar-refractivity contribution is -0.143. The fourth-order valence-corrected chi connectivity index (χ4v) is 5.30. The van der Waals surface area contributed by atoms with Crippen LogP contribution in [-0.4, -0.2) is 34.1 Å². The maximum absolute atomic E-state index is 13.4. The Hall–Kier alpha value is -3.52. The van der Waals surface area contributed by atoms with Gasteiger partial charge in [0, 0.05) is 11.7 Å².